The minimum atomic E-state index is -0.600. The molecule has 3 heterocycles. The maximum absolute atomic E-state index is 13.3. The van der Waals surface area contributed by atoms with Crippen molar-refractivity contribution in [2.45, 2.75) is 58.7 Å². The topological polar surface area (TPSA) is 118 Å². The lowest BCUT2D eigenvalue weighted by Gasteiger charge is -2.37. The van der Waals surface area contributed by atoms with E-state index in [1.807, 2.05) is 27.7 Å². The molecule has 0 atom stereocenters. The summed E-state index contributed by atoms with van der Waals surface area (Å²) >= 11 is 0. The van der Waals surface area contributed by atoms with Gasteiger partial charge in [0.2, 0.25) is 11.8 Å². The number of nitrogens with zero attached hydrogens (tertiary/aromatic N) is 4. The zero-order chi connectivity index (χ0) is 23.9. The highest BCUT2D eigenvalue weighted by Gasteiger charge is 2.31. The zero-order valence-electron chi connectivity index (χ0n) is 19.5. The van der Waals surface area contributed by atoms with Crippen molar-refractivity contribution in [2.24, 2.45) is 5.92 Å². The molecule has 2 aliphatic rings. The molecule has 10 nitrogen and oxygen atoms in total. The molecule has 2 fully saturated rings. The van der Waals surface area contributed by atoms with Gasteiger partial charge in [0.05, 0.1) is 18.4 Å². The molecule has 2 amide bonds. The van der Waals surface area contributed by atoms with Crippen molar-refractivity contribution in [3.05, 3.63) is 33.8 Å². The average molecular weight is 458 g/mol. The minimum absolute atomic E-state index is 0.0397. The third kappa shape index (κ3) is 4.80. The molecule has 0 aromatic carbocycles. The number of morpholine rings is 1. The number of fused-ring (bicyclic) bond motifs is 1. The van der Waals surface area contributed by atoms with Gasteiger partial charge in [-0.15, -0.1) is 0 Å². The van der Waals surface area contributed by atoms with Gasteiger partial charge in [-0.05, 0) is 38.7 Å². The Bertz CT molecular complexity index is 1170. The first kappa shape index (κ1) is 23.0. The summed E-state index contributed by atoms with van der Waals surface area (Å²) in [6, 6.07) is 0.0397. The first-order valence-electron chi connectivity index (χ1n) is 11.3. The lowest BCUT2D eigenvalue weighted by atomic mass is 10.1. The molecule has 0 radical (unpaired) electrons. The van der Waals surface area contributed by atoms with Gasteiger partial charge in [0.1, 0.15) is 5.65 Å². The van der Waals surface area contributed by atoms with E-state index < -0.39 is 22.9 Å². The van der Waals surface area contributed by atoms with Crippen molar-refractivity contribution in [1.29, 1.82) is 0 Å². The van der Waals surface area contributed by atoms with Crippen LogP contribution >= 0.6 is 0 Å². The average Bonchev–Trinajstić information content (AvgIpc) is 3.44. The monoisotopic (exact) mass is 457 g/mol. The van der Waals surface area contributed by atoms with Crippen LogP contribution in [0, 0.1) is 5.92 Å². The lowest BCUT2D eigenvalue weighted by Crippen LogP contribution is -2.50. The van der Waals surface area contributed by atoms with Crippen LogP contribution in [0.4, 0.5) is 0 Å². The van der Waals surface area contributed by atoms with E-state index in [4.69, 9.17) is 4.74 Å². The number of aromatic nitrogens is 3. The molecule has 1 saturated heterocycles. The predicted molar refractivity (Wildman–Crippen MR) is 122 cm³/mol. The Hall–Kier alpha value is -3.14. The van der Waals surface area contributed by atoms with E-state index in [1.54, 1.807) is 11.0 Å². The fraction of sp³-hybridized carbons (Fsp3) is 0.565. The largest absolute Gasteiger partial charge is 0.492 e. The molecule has 4 rings (SSSR count). The van der Waals surface area contributed by atoms with Gasteiger partial charge in [0, 0.05) is 37.3 Å². The zero-order valence-corrected chi connectivity index (χ0v) is 19.5. The van der Waals surface area contributed by atoms with Crippen LogP contribution in [0.1, 0.15) is 56.5 Å². The van der Waals surface area contributed by atoms with E-state index in [2.05, 4.69) is 10.4 Å². The van der Waals surface area contributed by atoms with Gasteiger partial charge in [0.15, 0.2) is 5.56 Å². The number of carbonyl (C=O) groups is 2. The van der Waals surface area contributed by atoms with E-state index in [9.17, 15) is 19.5 Å². The van der Waals surface area contributed by atoms with Crippen molar-refractivity contribution in [3.8, 4) is 5.88 Å². The highest BCUT2D eigenvalue weighted by atomic mass is 16.5. The molecule has 1 aliphatic carbocycles. The molecule has 2 aromatic rings. The highest BCUT2D eigenvalue weighted by Crippen LogP contribution is 2.24. The van der Waals surface area contributed by atoms with Crippen LogP contribution < -0.4 is 10.9 Å². The first-order chi connectivity index (χ1) is 15.6. The second kappa shape index (κ2) is 8.66. The molecular formula is C23H31N5O5. The second-order valence-electron chi connectivity index (χ2n) is 9.79. The Kier molecular flexibility index (Phi) is 6.04. The van der Waals surface area contributed by atoms with Crippen molar-refractivity contribution >= 4 is 23.5 Å². The van der Waals surface area contributed by atoms with Gasteiger partial charge in [-0.3, -0.25) is 19.0 Å². The number of amides is 2. The third-order valence-electron chi connectivity index (χ3n) is 5.74. The van der Waals surface area contributed by atoms with Crippen LogP contribution in [0.2, 0.25) is 0 Å². The standard InChI is InChI=1S/C23H31N5O5/c1-14(2)12-27-20-15(5-8-17(29)26-9-10-33-23(3,4)13-26)11-24-28(20)22(32)18(21(27)31)19(30)25-16-6-7-16/h5,8,11,14,16,32H,6-7,9-10,12-13H2,1-4H3,(H,25,30). The fourth-order valence-corrected chi connectivity index (χ4v) is 4.02. The van der Waals surface area contributed by atoms with Crippen LogP contribution in [-0.2, 0) is 16.1 Å². The number of hydrogen-bond acceptors (Lipinski definition) is 6. The van der Waals surface area contributed by atoms with Gasteiger partial charge in [0.25, 0.3) is 11.5 Å². The smallest absolute Gasteiger partial charge is 0.270 e. The maximum Gasteiger partial charge on any atom is 0.270 e. The molecule has 0 bridgehead atoms. The first-order valence-corrected chi connectivity index (χ1v) is 11.3. The molecule has 2 N–H and O–H groups in total. The summed E-state index contributed by atoms with van der Waals surface area (Å²) < 4.78 is 8.29. The molecule has 2 aromatic heterocycles. The van der Waals surface area contributed by atoms with E-state index in [0.717, 1.165) is 12.8 Å². The Morgan fingerprint density at radius 3 is 2.73 bits per heavy atom. The summed E-state index contributed by atoms with van der Waals surface area (Å²) in [5.74, 6) is -1.18. The normalized spacial score (nSPS) is 18.4. The Morgan fingerprint density at radius 1 is 1.36 bits per heavy atom. The molecule has 33 heavy (non-hydrogen) atoms. The SMILES string of the molecule is CC(C)Cn1c(=O)c(C(=O)NC2CC2)c(O)n2ncc(C=CC(=O)N3CCOC(C)(C)C3)c12. The summed E-state index contributed by atoms with van der Waals surface area (Å²) in [5.41, 5.74) is -0.477. The number of aromatic hydroxyl groups is 1. The van der Waals surface area contributed by atoms with Crippen LogP contribution in [0.5, 0.6) is 5.88 Å². The number of rotatable bonds is 6. The Morgan fingerprint density at radius 2 is 2.09 bits per heavy atom. The van der Waals surface area contributed by atoms with E-state index >= 15 is 0 Å². The molecule has 178 valence electrons. The summed E-state index contributed by atoms with van der Waals surface area (Å²) in [7, 11) is 0. The van der Waals surface area contributed by atoms with Crippen LogP contribution in [0.25, 0.3) is 11.7 Å². The molecular weight excluding hydrogens is 426 g/mol. The van der Waals surface area contributed by atoms with Crippen molar-refractivity contribution in [1.82, 2.24) is 24.4 Å². The number of ether oxygens (including phenoxy) is 1. The summed E-state index contributed by atoms with van der Waals surface area (Å²) in [6.07, 6.45) is 6.22. The lowest BCUT2D eigenvalue weighted by molar-refractivity contribution is -0.140. The molecule has 1 aliphatic heterocycles. The third-order valence-corrected chi connectivity index (χ3v) is 5.74. The number of hydrogen-bond donors (Lipinski definition) is 2. The van der Waals surface area contributed by atoms with Gasteiger partial charge < -0.3 is 20.1 Å². The Balaban J connectivity index is 1.72. The van der Waals surface area contributed by atoms with Crippen molar-refractivity contribution in [2.75, 3.05) is 19.7 Å². The molecule has 1 saturated carbocycles. The van der Waals surface area contributed by atoms with E-state index in [-0.39, 0.29) is 23.4 Å². The van der Waals surface area contributed by atoms with Gasteiger partial charge in [-0.2, -0.15) is 9.61 Å². The van der Waals surface area contributed by atoms with Gasteiger partial charge >= 0.3 is 0 Å². The molecule has 10 heteroatoms. The molecule has 0 unspecified atom stereocenters. The quantitative estimate of drug-likeness (QED) is 0.633. The summed E-state index contributed by atoms with van der Waals surface area (Å²) in [6.45, 7) is 9.55. The van der Waals surface area contributed by atoms with Crippen molar-refractivity contribution < 1.29 is 19.4 Å². The van der Waals surface area contributed by atoms with Crippen LogP contribution in [-0.4, -0.2) is 67.3 Å². The van der Waals surface area contributed by atoms with E-state index in [1.165, 1.54) is 21.4 Å². The fourth-order valence-electron chi connectivity index (χ4n) is 4.02. The second-order valence-corrected chi connectivity index (χ2v) is 9.79. The van der Waals surface area contributed by atoms with Crippen LogP contribution in [0.15, 0.2) is 17.1 Å². The Labute approximate surface area is 191 Å². The molecule has 0 spiro atoms. The van der Waals surface area contributed by atoms with Crippen LogP contribution in [0.3, 0.4) is 0 Å². The number of nitrogens with one attached hydrogen (secondary N) is 1. The number of carbonyl (C=O) groups excluding carboxylic acids is 2. The predicted octanol–water partition coefficient (Wildman–Crippen LogP) is 1.40. The van der Waals surface area contributed by atoms with Gasteiger partial charge in [-0.25, -0.2) is 0 Å². The van der Waals surface area contributed by atoms with Crippen molar-refractivity contribution in [3.63, 3.8) is 0 Å². The van der Waals surface area contributed by atoms with Gasteiger partial charge in [-0.1, -0.05) is 13.8 Å². The minimum Gasteiger partial charge on any atom is -0.492 e. The maximum atomic E-state index is 13.3. The summed E-state index contributed by atoms with van der Waals surface area (Å²) in [4.78, 5) is 40.4. The highest BCUT2D eigenvalue weighted by molar-refractivity contribution is 5.97. The summed E-state index contributed by atoms with van der Waals surface area (Å²) in [5, 5.41) is 17.7. The van der Waals surface area contributed by atoms with E-state index in [0.29, 0.717) is 37.5 Å².